The van der Waals surface area contributed by atoms with Crippen LogP contribution >= 0.6 is 0 Å². The third kappa shape index (κ3) is 6.82. The molecule has 2 unspecified atom stereocenters. The van der Waals surface area contributed by atoms with E-state index in [9.17, 15) is 9.59 Å². The molecule has 2 atom stereocenters. The third-order valence-electron chi connectivity index (χ3n) is 5.35. The van der Waals surface area contributed by atoms with Crippen LogP contribution in [0.3, 0.4) is 0 Å². The highest BCUT2D eigenvalue weighted by Crippen LogP contribution is 2.18. The number of likely N-dealkylation sites (N-methyl/N-ethyl adjacent to an activating group) is 1. The van der Waals surface area contributed by atoms with Crippen LogP contribution in [0.2, 0.25) is 0 Å². The highest BCUT2D eigenvalue weighted by atomic mass is 16.5. The number of likely N-dealkylation sites (tertiary alicyclic amines) is 1. The molecule has 0 bridgehead atoms. The minimum Gasteiger partial charge on any atom is -0.497 e. The van der Waals surface area contributed by atoms with Gasteiger partial charge in [-0.15, -0.1) is 0 Å². The largest absolute Gasteiger partial charge is 0.497 e. The van der Waals surface area contributed by atoms with Gasteiger partial charge >= 0.3 is 0 Å². The first-order valence-corrected chi connectivity index (χ1v) is 10.3. The fourth-order valence-corrected chi connectivity index (χ4v) is 3.68. The van der Waals surface area contributed by atoms with E-state index in [1.54, 1.807) is 12.0 Å². The summed E-state index contributed by atoms with van der Waals surface area (Å²) in [6.45, 7) is 6.64. The molecule has 6 heteroatoms. The Morgan fingerprint density at radius 1 is 1.32 bits per heavy atom. The van der Waals surface area contributed by atoms with Gasteiger partial charge in [0.1, 0.15) is 5.75 Å². The average molecular weight is 390 g/mol. The lowest BCUT2D eigenvalue weighted by Crippen LogP contribution is -2.48. The zero-order valence-corrected chi connectivity index (χ0v) is 17.7. The van der Waals surface area contributed by atoms with Crippen molar-refractivity contribution in [1.82, 2.24) is 15.1 Å². The molecule has 0 aliphatic carbocycles. The van der Waals surface area contributed by atoms with Crippen molar-refractivity contribution < 1.29 is 14.3 Å². The number of carbonyl (C=O) groups is 2. The first-order valence-electron chi connectivity index (χ1n) is 10.3. The minimum atomic E-state index is -0.0206. The van der Waals surface area contributed by atoms with E-state index in [1.165, 1.54) is 0 Å². The maximum absolute atomic E-state index is 12.6. The molecule has 1 N–H and O–H groups in total. The van der Waals surface area contributed by atoms with Gasteiger partial charge < -0.3 is 15.0 Å². The second kappa shape index (κ2) is 11.1. The van der Waals surface area contributed by atoms with Gasteiger partial charge in [-0.05, 0) is 50.4 Å². The van der Waals surface area contributed by atoms with E-state index >= 15 is 0 Å². The quantitative estimate of drug-likeness (QED) is 0.705. The van der Waals surface area contributed by atoms with Gasteiger partial charge in [-0.25, -0.2) is 0 Å². The molecule has 28 heavy (non-hydrogen) atoms. The number of benzene rings is 1. The monoisotopic (exact) mass is 389 g/mol. The Hall–Kier alpha value is -2.08. The summed E-state index contributed by atoms with van der Waals surface area (Å²) in [5.74, 6) is 0.997. The number of hydrogen-bond acceptors (Lipinski definition) is 4. The highest BCUT2D eigenvalue weighted by Gasteiger charge is 2.28. The van der Waals surface area contributed by atoms with Crippen LogP contribution in [0.15, 0.2) is 24.3 Å². The maximum atomic E-state index is 12.6. The molecule has 156 valence electrons. The molecule has 1 aliphatic rings. The van der Waals surface area contributed by atoms with Crippen molar-refractivity contribution in [3.63, 3.8) is 0 Å². The molecular weight excluding hydrogens is 354 g/mol. The Labute approximate surface area is 169 Å². The number of hydrogen-bond donors (Lipinski definition) is 1. The van der Waals surface area contributed by atoms with Crippen molar-refractivity contribution in [1.29, 1.82) is 0 Å². The van der Waals surface area contributed by atoms with E-state index in [0.29, 0.717) is 19.6 Å². The molecule has 1 aromatic rings. The number of nitrogens with one attached hydrogen (secondary N) is 1. The standard InChI is InChI=1S/C22H35N3O3/c1-5-7-17(2)23-22(27)19-8-6-13-25(15-19)16-21(26)24(3)14-18-9-11-20(28-4)12-10-18/h9-12,17,19H,5-8,13-16H2,1-4H3,(H,23,27). The Morgan fingerprint density at radius 3 is 2.68 bits per heavy atom. The summed E-state index contributed by atoms with van der Waals surface area (Å²) in [5, 5.41) is 3.12. The van der Waals surface area contributed by atoms with Crippen LogP contribution in [0.25, 0.3) is 0 Å². The Bertz CT molecular complexity index is 632. The van der Waals surface area contributed by atoms with Crippen molar-refractivity contribution >= 4 is 11.8 Å². The van der Waals surface area contributed by atoms with Crippen LogP contribution in [-0.2, 0) is 16.1 Å². The zero-order chi connectivity index (χ0) is 20.5. The summed E-state index contributed by atoms with van der Waals surface area (Å²) in [6.07, 6.45) is 3.91. The van der Waals surface area contributed by atoms with Crippen molar-refractivity contribution in [2.24, 2.45) is 5.92 Å². The molecule has 0 saturated carbocycles. The van der Waals surface area contributed by atoms with Gasteiger partial charge in [0.25, 0.3) is 0 Å². The zero-order valence-electron chi connectivity index (χ0n) is 17.7. The van der Waals surface area contributed by atoms with Crippen molar-refractivity contribution in [3.8, 4) is 5.75 Å². The van der Waals surface area contributed by atoms with Crippen LogP contribution in [-0.4, -0.2) is 61.4 Å². The lowest BCUT2D eigenvalue weighted by Gasteiger charge is -2.33. The van der Waals surface area contributed by atoms with Crippen LogP contribution in [0.4, 0.5) is 0 Å². The van der Waals surface area contributed by atoms with Gasteiger partial charge in [-0.1, -0.05) is 25.5 Å². The highest BCUT2D eigenvalue weighted by molar-refractivity contribution is 5.80. The van der Waals surface area contributed by atoms with Gasteiger partial charge in [-0.2, -0.15) is 0 Å². The van der Waals surface area contributed by atoms with Crippen LogP contribution in [0.1, 0.15) is 45.1 Å². The second-order valence-corrected chi connectivity index (χ2v) is 7.87. The van der Waals surface area contributed by atoms with E-state index in [4.69, 9.17) is 4.74 Å². The number of nitrogens with zero attached hydrogens (tertiary/aromatic N) is 2. The number of methoxy groups -OCH3 is 1. The summed E-state index contributed by atoms with van der Waals surface area (Å²) >= 11 is 0. The molecule has 6 nitrogen and oxygen atoms in total. The number of carbonyl (C=O) groups excluding carboxylic acids is 2. The number of ether oxygens (including phenoxy) is 1. The molecule has 1 aliphatic heterocycles. The lowest BCUT2D eigenvalue weighted by atomic mass is 9.96. The summed E-state index contributed by atoms with van der Waals surface area (Å²) in [7, 11) is 3.47. The lowest BCUT2D eigenvalue weighted by molar-refractivity contribution is -0.134. The van der Waals surface area contributed by atoms with E-state index < -0.39 is 0 Å². The molecule has 1 heterocycles. The molecule has 0 radical (unpaired) electrons. The predicted molar refractivity (Wildman–Crippen MR) is 111 cm³/mol. The predicted octanol–water partition coefficient (Wildman–Crippen LogP) is 2.67. The topological polar surface area (TPSA) is 61.9 Å². The van der Waals surface area contributed by atoms with Gasteiger partial charge in [0.15, 0.2) is 0 Å². The molecule has 0 spiro atoms. The van der Waals surface area contributed by atoms with E-state index in [1.807, 2.05) is 31.3 Å². The number of amides is 2. The summed E-state index contributed by atoms with van der Waals surface area (Å²) in [4.78, 5) is 29.0. The van der Waals surface area contributed by atoms with Crippen LogP contribution in [0.5, 0.6) is 5.75 Å². The molecule has 1 aromatic carbocycles. The second-order valence-electron chi connectivity index (χ2n) is 7.87. The third-order valence-corrected chi connectivity index (χ3v) is 5.35. The first kappa shape index (κ1) is 22.2. The summed E-state index contributed by atoms with van der Waals surface area (Å²) < 4.78 is 5.17. The molecule has 2 amide bonds. The normalized spacial score (nSPS) is 18.4. The molecule has 2 rings (SSSR count). The van der Waals surface area contributed by atoms with Gasteiger partial charge in [0.2, 0.25) is 11.8 Å². The van der Waals surface area contributed by atoms with Gasteiger partial charge in [-0.3, -0.25) is 14.5 Å². The Kier molecular flexibility index (Phi) is 8.77. The molecule has 1 fully saturated rings. The molecule has 1 saturated heterocycles. The van der Waals surface area contributed by atoms with Crippen molar-refractivity contribution in [3.05, 3.63) is 29.8 Å². The minimum absolute atomic E-state index is 0.0206. The van der Waals surface area contributed by atoms with Gasteiger partial charge in [0, 0.05) is 26.2 Å². The van der Waals surface area contributed by atoms with E-state index in [-0.39, 0.29) is 23.8 Å². The van der Waals surface area contributed by atoms with E-state index in [0.717, 1.165) is 43.5 Å². The SMILES string of the molecule is CCCC(C)NC(=O)C1CCCN(CC(=O)N(C)Cc2ccc(OC)cc2)C1. The maximum Gasteiger partial charge on any atom is 0.236 e. The molecule has 0 aromatic heterocycles. The van der Waals surface area contributed by atoms with Crippen molar-refractivity contribution in [2.75, 3.05) is 33.8 Å². The van der Waals surface area contributed by atoms with Crippen LogP contribution < -0.4 is 10.1 Å². The summed E-state index contributed by atoms with van der Waals surface area (Å²) in [5.41, 5.74) is 1.07. The van der Waals surface area contributed by atoms with Crippen LogP contribution in [0, 0.1) is 5.92 Å². The van der Waals surface area contributed by atoms with Crippen molar-refractivity contribution in [2.45, 2.75) is 52.1 Å². The average Bonchev–Trinajstić information content (AvgIpc) is 2.68. The fourth-order valence-electron chi connectivity index (χ4n) is 3.68. The smallest absolute Gasteiger partial charge is 0.236 e. The summed E-state index contributed by atoms with van der Waals surface area (Å²) in [6, 6.07) is 7.97. The first-order chi connectivity index (χ1) is 13.4. The Balaban J connectivity index is 1.82. The number of rotatable bonds is 9. The fraction of sp³-hybridized carbons (Fsp3) is 0.636. The number of piperidine rings is 1. The Morgan fingerprint density at radius 2 is 2.04 bits per heavy atom. The van der Waals surface area contributed by atoms with E-state index in [2.05, 4.69) is 24.1 Å². The van der Waals surface area contributed by atoms with Gasteiger partial charge in [0.05, 0.1) is 19.6 Å². The molecular formula is C22H35N3O3.